The van der Waals surface area contributed by atoms with E-state index in [9.17, 15) is 0 Å². The zero-order valence-electron chi connectivity index (χ0n) is 9.45. The van der Waals surface area contributed by atoms with Crippen molar-refractivity contribution in [3.05, 3.63) is 18.2 Å². The summed E-state index contributed by atoms with van der Waals surface area (Å²) in [5.74, 6) is 0.657. The van der Waals surface area contributed by atoms with E-state index in [4.69, 9.17) is 0 Å². The molecular formula is C11H21N3. The molecule has 1 heterocycles. The molecule has 1 N–H and O–H groups in total. The number of hydrogen-bond acceptors (Lipinski definition) is 2. The highest BCUT2D eigenvalue weighted by Gasteiger charge is 2.05. The monoisotopic (exact) mass is 195 g/mol. The fraction of sp³-hybridized carbons (Fsp3) is 0.727. The van der Waals surface area contributed by atoms with E-state index in [2.05, 4.69) is 28.7 Å². The van der Waals surface area contributed by atoms with Gasteiger partial charge in [0.2, 0.25) is 0 Å². The fourth-order valence-corrected chi connectivity index (χ4v) is 1.73. The quantitative estimate of drug-likeness (QED) is 0.748. The summed E-state index contributed by atoms with van der Waals surface area (Å²) in [6, 6.07) is 0. The van der Waals surface area contributed by atoms with Gasteiger partial charge in [0.25, 0.3) is 0 Å². The summed E-state index contributed by atoms with van der Waals surface area (Å²) in [5.41, 5.74) is 1.36. The number of aromatic nitrogens is 2. The van der Waals surface area contributed by atoms with Crippen molar-refractivity contribution in [3.8, 4) is 0 Å². The topological polar surface area (TPSA) is 29.9 Å². The van der Waals surface area contributed by atoms with Crippen LogP contribution in [0, 0.1) is 5.92 Å². The number of imidazole rings is 1. The Morgan fingerprint density at radius 3 is 3.00 bits per heavy atom. The van der Waals surface area contributed by atoms with Crippen molar-refractivity contribution >= 4 is 0 Å². The van der Waals surface area contributed by atoms with Gasteiger partial charge in [-0.2, -0.15) is 0 Å². The Morgan fingerprint density at radius 2 is 2.36 bits per heavy atom. The van der Waals surface area contributed by atoms with Gasteiger partial charge < -0.3 is 9.88 Å². The summed E-state index contributed by atoms with van der Waals surface area (Å²) >= 11 is 0. The van der Waals surface area contributed by atoms with E-state index in [1.165, 1.54) is 12.1 Å². The van der Waals surface area contributed by atoms with Gasteiger partial charge >= 0.3 is 0 Å². The lowest BCUT2D eigenvalue weighted by Crippen LogP contribution is -2.21. The van der Waals surface area contributed by atoms with Crippen molar-refractivity contribution in [1.29, 1.82) is 0 Å². The molecule has 0 aromatic carbocycles. The van der Waals surface area contributed by atoms with Gasteiger partial charge in [-0.25, -0.2) is 4.98 Å². The summed E-state index contributed by atoms with van der Waals surface area (Å²) in [4.78, 5) is 4.20. The molecule has 0 bridgehead atoms. The van der Waals surface area contributed by atoms with Crippen molar-refractivity contribution in [2.45, 2.75) is 33.2 Å². The second-order valence-electron chi connectivity index (χ2n) is 3.95. The first-order chi connectivity index (χ1) is 6.77. The number of nitrogens with zero attached hydrogens (tertiary/aromatic N) is 2. The molecule has 0 radical (unpaired) electrons. The Kier molecular flexibility index (Phi) is 4.66. The van der Waals surface area contributed by atoms with Crippen LogP contribution in [0.2, 0.25) is 0 Å². The van der Waals surface area contributed by atoms with Gasteiger partial charge in [0.05, 0.1) is 6.33 Å². The average Bonchev–Trinajstić information content (AvgIpc) is 2.54. The second kappa shape index (κ2) is 5.81. The molecule has 3 heteroatoms. The smallest absolute Gasteiger partial charge is 0.0948 e. The summed E-state index contributed by atoms with van der Waals surface area (Å²) in [6.45, 7) is 6.58. The lowest BCUT2D eigenvalue weighted by Gasteiger charge is -2.13. The normalized spacial score (nSPS) is 13.1. The van der Waals surface area contributed by atoms with Crippen molar-refractivity contribution in [2.75, 3.05) is 13.6 Å². The van der Waals surface area contributed by atoms with Crippen molar-refractivity contribution in [3.63, 3.8) is 0 Å². The van der Waals surface area contributed by atoms with Gasteiger partial charge in [-0.15, -0.1) is 0 Å². The molecule has 80 valence electrons. The molecule has 0 saturated heterocycles. The van der Waals surface area contributed by atoms with Crippen LogP contribution in [-0.2, 0) is 13.0 Å². The molecule has 0 saturated carbocycles. The van der Waals surface area contributed by atoms with Crippen LogP contribution >= 0.6 is 0 Å². The summed E-state index contributed by atoms with van der Waals surface area (Å²) in [6.07, 6.45) is 6.24. The van der Waals surface area contributed by atoms with Gasteiger partial charge in [0, 0.05) is 18.4 Å². The van der Waals surface area contributed by atoms with Crippen LogP contribution in [0.1, 0.15) is 26.0 Å². The Bertz CT molecular complexity index is 255. The van der Waals surface area contributed by atoms with E-state index in [0.29, 0.717) is 5.92 Å². The standard InChI is InChI=1S/C11H21N3/c1-4-5-11-7-13-9-14(11)8-10(2)6-12-3/h7,9-10,12H,4-6,8H2,1-3H3. The molecule has 1 rings (SSSR count). The van der Waals surface area contributed by atoms with E-state index in [-0.39, 0.29) is 0 Å². The molecule has 0 aliphatic heterocycles. The Morgan fingerprint density at radius 1 is 1.57 bits per heavy atom. The van der Waals surface area contributed by atoms with Crippen molar-refractivity contribution in [1.82, 2.24) is 14.9 Å². The lowest BCUT2D eigenvalue weighted by molar-refractivity contribution is 0.453. The number of nitrogens with one attached hydrogen (secondary N) is 1. The zero-order valence-corrected chi connectivity index (χ0v) is 9.45. The van der Waals surface area contributed by atoms with E-state index in [0.717, 1.165) is 19.5 Å². The molecule has 14 heavy (non-hydrogen) atoms. The molecule has 0 aliphatic carbocycles. The van der Waals surface area contributed by atoms with E-state index in [1.807, 2.05) is 19.6 Å². The molecular weight excluding hydrogens is 174 g/mol. The molecule has 0 amide bonds. The Hall–Kier alpha value is -0.830. The minimum atomic E-state index is 0.657. The number of hydrogen-bond donors (Lipinski definition) is 1. The minimum absolute atomic E-state index is 0.657. The third kappa shape index (κ3) is 3.14. The Labute approximate surface area is 86.5 Å². The van der Waals surface area contributed by atoms with Crippen LogP contribution in [-0.4, -0.2) is 23.1 Å². The maximum absolute atomic E-state index is 4.20. The molecule has 0 fully saturated rings. The molecule has 1 atom stereocenters. The molecule has 1 aromatic rings. The second-order valence-corrected chi connectivity index (χ2v) is 3.95. The lowest BCUT2D eigenvalue weighted by atomic mass is 10.1. The van der Waals surface area contributed by atoms with Crippen molar-refractivity contribution < 1.29 is 0 Å². The first-order valence-electron chi connectivity index (χ1n) is 5.41. The molecule has 1 unspecified atom stereocenters. The van der Waals surface area contributed by atoms with E-state index >= 15 is 0 Å². The predicted octanol–water partition coefficient (Wildman–Crippen LogP) is 1.69. The maximum Gasteiger partial charge on any atom is 0.0948 e. The Balaban J connectivity index is 2.52. The van der Waals surface area contributed by atoms with Crippen LogP contribution in [0.3, 0.4) is 0 Å². The van der Waals surface area contributed by atoms with Gasteiger partial charge in [-0.1, -0.05) is 20.3 Å². The van der Waals surface area contributed by atoms with Gasteiger partial charge in [-0.3, -0.25) is 0 Å². The van der Waals surface area contributed by atoms with Crippen LogP contribution in [0.15, 0.2) is 12.5 Å². The SMILES string of the molecule is CCCc1cncn1CC(C)CNC. The van der Waals surface area contributed by atoms with Crippen LogP contribution < -0.4 is 5.32 Å². The number of rotatable bonds is 6. The first kappa shape index (κ1) is 11.2. The summed E-state index contributed by atoms with van der Waals surface area (Å²) < 4.78 is 2.27. The van der Waals surface area contributed by atoms with Gasteiger partial charge in [0.15, 0.2) is 0 Å². The maximum atomic E-state index is 4.20. The highest BCUT2D eigenvalue weighted by Crippen LogP contribution is 2.06. The van der Waals surface area contributed by atoms with Gasteiger partial charge in [-0.05, 0) is 25.9 Å². The third-order valence-electron chi connectivity index (χ3n) is 2.37. The number of aryl methyl sites for hydroxylation is 1. The van der Waals surface area contributed by atoms with Crippen molar-refractivity contribution in [2.24, 2.45) is 5.92 Å². The van der Waals surface area contributed by atoms with Crippen LogP contribution in [0.5, 0.6) is 0 Å². The molecule has 3 nitrogen and oxygen atoms in total. The first-order valence-corrected chi connectivity index (χ1v) is 5.41. The zero-order chi connectivity index (χ0) is 10.4. The van der Waals surface area contributed by atoms with Crippen LogP contribution in [0.25, 0.3) is 0 Å². The molecule has 1 aromatic heterocycles. The predicted molar refractivity (Wildman–Crippen MR) is 59.3 cm³/mol. The molecule has 0 spiro atoms. The largest absolute Gasteiger partial charge is 0.334 e. The highest BCUT2D eigenvalue weighted by molar-refractivity contribution is 4.98. The molecule has 0 aliphatic rings. The van der Waals surface area contributed by atoms with Gasteiger partial charge in [0.1, 0.15) is 0 Å². The summed E-state index contributed by atoms with van der Waals surface area (Å²) in [5, 5.41) is 3.20. The minimum Gasteiger partial charge on any atom is -0.334 e. The van der Waals surface area contributed by atoms with Crippen LogP contribution in [0.4, 0.5) is 0 Å². The third-order valence-corrected chi connectivity index (χ3v) is 2.37. The van der Waals surface area contributed by atoms with E-state index in [1.54, 1.807) is 0 Å². The summed E-state index contributed by atoms with van der Waals surface area (Å²) in [7, 11) is 2.00. The average molecular weight is 195 g/mol. The fourth-order valence-electron chi connectivity index (χ4n) is 1.73. The highest BCUT2D eigenvalue weighted by atomic mass is 15.0. The van der Waals surface area contributed by atoms with E-state index < -0.39 is 0 Å².